The number of hydroxylamine groups is 2. The Morgan fingerprint density at radius 3 is 2.68 bits per heavy atom. The molecular formula is C12H17NO6. The lowest BCUT2D eigenvalue weighted by molar-refractivity contribution is -0.166. The van der Waals surface area contributed by atoms with Gasteiger partial charge in [0.2, 0.25) is 0 Å². The Balaban J connectivity index is 2.28. The highest BCUT2D eigenvalue weighted by Crippen LogP contribution is 2.35. The maximum absolute atomic E-state index is 12.2. The van der Waals surface area contributed by atoms with Crippen molar-refractivity contribution < 1.29 is 29.0 Å². The smallest absolute Gasteiger partial charge is 0.280 e. The molecule has 2 rings (SSSR count). The molecule has 7 heteroatoms. The second-order valence-corrected chi connectivity index (χ2v) is 4.94. The average molecular weight is 271 g/mol. The average Bonchev–Trinajstić information content (AvgIpc) is 2.68. The first kappa shape index (κ1) is 14.1. The fraction of sp³-hybridized carbons (Fsp3) is 0.667. The van der Waals surface area contributed by atoms with Crippen molar-refractivity contribution in [2.45, 2.75) is 37.9 Å². The number of fused-ring (bicyclic) bond motifs is 1. The molecular weight excluding hydrogens is 254 g/mol. The van der Waals surface area contributed by atoms with E-state index in [-0.39, 0.29) is 5.57 Å². The van der Waals surface area contributed by atoms with Crippen LogP contribution in [0, 0.1) is 0 Å². The highest BCUT2D eigenvalue weighted by molar-refractivity contribution is 6.21. The first-order valence-corrected chi connectivity index (χ1v) is 5.89. The Kier molecular flexibility index (Phi) is 3.48. The third-order valence-corrected chi connectivity index (χ3v) is 3.12. The number of nitrogens with zero attached hydrogens (tertiary/aromatic N) is 1. The van der Waals surface area contributed by atoms with Crippen molar-refractivity contribution in [3.8, 4) is 0 Å². The van der Waals surface area contributed by atoms with E-state index in [1.165, 1.54) is 20.2 Å². The summed E-state index contributed by atoms with van der Waals surface area (Å²) in [5.41, 5.74) is -0.153. The highest BCUT2D eigenvalue weighted by atomic mass is 16.8. The quantitative estimate of drug-likeness (QED) is 0.533. The van der Waals surface area contributed by atoms with Gasteiger partial charge in [-0.25, -0.2) is 5.06 Å². The molecule has 1 fully saturated rings. The van der Waals surface area contributed by atoms with Gasteiger partial charge in [0.15, 0.2) is 17.7 Å². The van der Waals surface area contributed by atoms with Gasteiger partial charge in [0.25, 0.3) is 5.91 Å². The lowest BCUT2D eigenvalue weighted by Gasteiger charge is -2.26. The summed E-state index contributed by atoms with van der Waals surface area (Å²) in [4.78, 5) is 28.9. The van der Waals surface area contributed by atoms with Crippen LogP contribution in [0.25, 0.3) is 0 Å². The second kappa shape index (κ2) is 4.68. The summed E-state index contributed by atoms with van der Waals surface area (Å²) >= 11 is 0. The van der Waals surface area contributed by atoms with Crippen molar-refractivity contribution >= 4 is 11.7 Å². The van der Waals surface area contributed by atoms with Crippen LogP contribution in [0.3, 0.4) is 0 Å². The lowest BCUT2D eigenvalue weighted by atomic mass is 9.90. The van der Waals surface area contributed by atoms with Gasteiger partial charge in [0.1, 0.15) is 12.2 Å². The van der Waals surface area contributed by atoms with Crippen molar-refractivity contribution in [2.24, 2.45) is 0 Å². The van der Waals surface area contributed by atoms with Gasteiger partial charge >= 0.3 is 0 Å². The molecule has 0 radical (unpaired) electrons. The Morgan fingerprint density at radius 1 is 1.47 bits per heavy atom. The van der Waals surface area contributed by atoms with E-state index in [0.717, 1.165) is 5.06 Å². The van der Waals surface area contributed by atoms with Crippen LogP contribution in [-0.2, 0) is 23.9 Å². The SMILES string of the molecule is CON(C)C(=O)C1=C[C@H](O)[C@H]2OC(C)(C)O[C@H]2C1=O. The molecule has 1 aliphatic heterocycles. The Morgan fingerprint density at radius 2 is 2.11 bits per heavy atom. The fourth-order valence-electron chi connectivity index (χ4n) is 2.17. The number of rotatable bonds is 2. The van der Waals surface area contributed by atoms with Gasteiger partial charge < -0.3 is 14.6 Å². The second-order valence-electron chi connectivity index (χ2n) is 4.94. The van der Waals surface area contributed by atoms with Crippen molar-refractivity contribution in [1.29, 1.82) is 0 Å². The number of hydrogen-bond acceptors (Lipinski definition) is 6. The van der Waals surface area contributed by atoms with Gasteiger partial charge in [-0.15, -0.1) is 0 Å². The van der Waals surface area contributed by atoms with Gasteiger partial charge in [-0.3, -0.25) is 14.4 Å². The number of Topliss-reactive ketones (excluding diaryl/α,β-unsaturated/α-hetero) is 1. The van der Waals surface area contributed by atoms with Gasteiger partial charge in [-0.1, -0.05) is 0 Å². The van der Waals surface area contributed by atoms with E-state index in [2.05, 4.69) is 0 Å². The van der Waals surface area contributed by atoms with Crippen LogP contribution < -0.4 is 0 Å². The third kappa shape index (κ3) is 2.42. The van der Waals surface area contributed by atoms with Crippen molar-refractivity contribution in [3.63, 3.8) is 0 Å². The van der Waals surface area contributed by atoms with Gasteiger partial charge in [0.05, 0.1) is 12.7 Å². The molecule has 1 amide bonds. The summed E-state index contributed by atoms with van der Waals surface area (Å²) < 4.78 is 10.9. The summed E-state index contributed by atoms with van der Waals surface area (Å²) in [6.45, 7) is 3.29. The molecule has 19 heavy (non-hydrogen) atoms. The first-order valence-electron chi connectivity index (χ1n) is 5.89. The van der Waals surface area contributed by atoms with Crippen molar-refractivity contribution in [3.05, 3.63) is 11.6 Å². The Hall–Kier alpha value is -1.28. The minimum Gasteiger partial charge on any atom is -0.386 e. The predicted octanol–water partition coefficient (Wildman–Crippen LogP) is -0.604. The van der Waals surface area contributed by atoms with Crippen molar-refractivity contribution in [1.82, 2.24) is 5.06 Å². The van der Waals surface area contributed by atoms with Crippen LogP contribution in [0.15, 0.2) is 11.6 Å². The standard InChI is InChI=1S/C12H17NO6/c1-12(2)18-9-7(14)5-6(8(15)10(9)19-12)11(16)13(3)17-4/h5,7,9-10,14H,1-4H3/t7-,9+,10-/m0/s1. The monoisotopic (exact) mass is 271 g/mol. The molecule has 1 heterocycles. The third-order valence-electron chi connectivity index (χ3n) is 3.12. The summed E-state index contributed by atoms with van der Waals surface area (Å²) in [6, 6.07) is 0. The topological polar surface area (TPSA) is 85.3 Å². The highest BCUT2D eigenvalue weighted by Gasteiger charge is 2.52. The number of likely N-dealkylation sites (N-methyl/N-ethyl adjacent to an activating group) is 1. The van der Waals surface area contributed by atoms with Crippen LogP contribution in [0.5, 0.6) is 0 Å². The van der Waals surface area contributed by atoms with Crippen LogP contribution in [0.2, 0.25) is 0 Å². The van der Waals surface area contributed by atoms with Crippen LogP contribution in [-0.4, -0.2) is 60.1 Å². The Bertz CT molecular complexity index is 444. The van der Waals surface area contributed by atoms with E-state index in [4.69, 9.17) is 14.3 Å². The van der Waals surface area contributed by atoms with E-state index in [0.29, 0.717) is 0 Å². The molecule has 7 nitrogen and oxygen atoms in total. The summed E-state index contributed by atoms with van der Waals surface area (Å²) in [5.74, 6) is -2.10. The predicted molar refractivity (Wildman–Crippen MR) is 62.7 cm³/mol. The maximum atomic E-state index is 12.2. The van der Waals surface area contributed by atoms with E-state index in [1.807, 2.05) is 0 Å². The van der Waals surface area contributed by atoms with E-state index < -0.39 is 35.8 Å². The zero-order valence-corrected chi connectivity index (χ0v) is 11.2. The molecule has 0 aromatic carbocycles. The molecule has 2 aliphatic rings. The van der Waals surface area contributed by atoms with Gasteiger partial charge in [0, 0.05) is 7.05 Å². The lowest BCUT2D eigenvalue weighted by Crippen LogP contribution is -2.47. The molecule has 0 aromatic rings. The summed E-state index contributed by atoms with van der Waals surface area (Å²) in [6.07, 6.45) is -1.65. The van der Waals surface area contributed by atoms with Crippen molar-refractivity contribution in [2.75, 3.05) is 14.2 Å². The number of amides is 1. The molecule has 106 valence electrons. The molecule has 0 unspecified atom stereocenters. The number of aliphatic hydroxyl groups excluding tert-OH is 1. The number of ether oxygens (including phenoxy) is 2. The van der Waals surface area contributed by atoms with E-state index in [9.17, 15) is 14.7 Å². The van der Waals surface area contributed by atoms with Crippen LogP contribution >= 0.6 is 0 Å². The Labute approximate surface area is 110 Å². The first-order chi connectivity index (χ1) is 8.76. The molecule has 0 bridgehead atoms. The number of hydrogen-bond donors (Lipinski definition) is 1. The minimum atomic E-state index is -1.08. The molecule has 0 spiro atoms. The summed E-state index contributed by atoms with van der Waals surface area (Å²) in [5, 5.41) is 10.9. The zero-order chi connectivity index (χ0) is 14.4. The molecule has 1 N–H and O–H groups in total. The normalized spacial score (nSPS) is 32.8. The molecule has 3 atom stereocenters. The van der Waals surface area contributed by atoms with Gasteiger partial charge in [-0.2, -0.15) is 0 Å². The number of carbonyl (C=O) groups excluding carboxylic acids is 2. The zero-order valence-electron chi connectivity index (χ0n) is 11.2. The number of aliphatic hydroxyl groups is 1. The largest absolute Gasteiger partial charge is 0.386 e. The van der Waals surface area contributed by atoms with Gasteiger partial charge in [-0.05, 0) is 19.9 Å². The molecule has 1 aliphatic carbocycles. The van der Waals surface area contributed by atoms with Crippen LogP contribution in [0.1, 0.15) is 13.8 Å². The molecule has 0 aromatic heterocycles. The molecule has 1 saturated heterocycles. The fourth-order valence-corrected chi connectivity index (χ4v) is 2.17. The summed E-state index contributed by atoms with van der Waals surface area (Å²) in [7, 11) is 2.69. The number of ketones is 1. The minimum absolute atomic E-state index is 0.153. The molecule has 0 saturated carbocycles. The maximum Gasteiger partial charge on any atom is 0.280 e. The van der Waals surface area contributed by atoms with E-state index >= 15 is 0 Å². The van der Waals surface area contributed by atoms with Crippen LogP contribution in [0.4, 0.5) is 0 Å². The van der Waals surface area contributed by atoms with E-state index in [1.54, 1.807) is 13.8 Å². The number of carbonyl (C=O) groups is 2.